The van der Waals surface area contributed by atoms with Crippen LogP contribution in [0, 0.1) is 0 Å². The molecule has 14 heteroatoms. The molecule has 0 aliphatic carbocycles. The van der Waals surface area contributed by atoms with Gasteiger partial charge in [-0.3, -0.25) is 14.0 Å². The molecule has 2 N–H and O–H groups in total. The maximum Gasteiger partial charge on any atom is 0.451 e. The van der Waals surface area contributed by atoms with Gasteiger partial charge in [-0.15, -0.1) is 0 Å². The maximum atomic E-state index is 12.8. The molecule has 0 saturated heterocycles. The fourth-order valence-corrected chi connectivity index (χ4v) is 2.44. The maximum absolute atomic E-state index is 12.8. The molecule has 0 aliphatic rings. The van der Waals surface area contributed by atoms with E-state index >= 15 is 0 Å². The van der Waals surface area contributed by atoms with Gasteiger partial charge in [0.15, 0.2) is 5.69 Å². The zero-order chi connectivity index (χ0) is 19.9. The topological polar surface area (TPSA) is 91.0 Å². The number of alkyl halides is 6. The summed E-state index contributed by atoms with van der Waals surface area (Å²) in [6.45, 7) is 0. The fraction of sp³-hybridized carbons (Fsp3) is 0.333. The van der Waals surface area contributed by atoms with Crippen molar-refractivity contribution in [3.05, 3.63) is 33.5 Å². The molecule has 2 aromatic rings. The van der Waals surface area contributed by atoms with Crippen LogP contribution in [-0.4, -0.2) is 39.2 Å². The van der Waals surface area contributed by atoms with Crippen molar-refractivity contribution < 1.29 is 31.1 Å². The summed E-state index contributed by atoms with van der Waals surface area (Å²) in [7, 11) is 2.63. The van der Waals surface area contributed by atoms with Crippen molar-refractivity contribution >= 4 is 28.3 Å². The molecule has 0 unspecified atom stereocenters. The molecule has 0 aromatic carbocycles. The van der Waals surface area contributed by atoms with E-state index in [2.05, 4.69) is 19.7 Å². The first-order valence-corrected chi connectivity index (χ1v) is 7.36. The van der Waals surface area contributed by atoms with Gasteiger partial charge in [-0.25, -0.2) is 9.97 Å². The molecule has 26 heavy (non-hydrogen) atoms. The van der Waals surface area contributed by atoms with Crippen LogP contribution in [-0.2, 0) is 12.4 Å². The first-order chi connectivity index (χ1) is 11.8. The molecule has 2 aromatic heterocycles. The molecule has 0 spiro atoms. The summed E-state index contributed by atoms with van der Waals surface area (Å²) >= 11 is 0.524. The van der Waals surface area contributed by atoms with Crippen LogP contribution >= 0.6 is 11.5 Å². The van der Waals surface area contributed by atoms with Crippen LogP contribution in [0.2, 0.25) is 0 Å². The van der Waals surface area contributed by atoms with Crippen LogP contribution in [0.5, 0.6) is 0 Å². The fourth-order valence-electron chi connectivity index (χ4n) is 1.71. The molecule has 2 heterocycles. The van der Waals surface area contributed by atoms with Gasteiger partial charge in [0.2, 0.25) is 5.82 Å². The van der Waals surface area contributed by atoms with E-state index in [0.29, 0.717) is 11.5 Å². The molecule has 0 aliphatic heterocycles. The summed E-state index contributed by atoms with van der Waals surface area (Å²) in [4.78, 5) is 30.1. The Balaban J connectivity index is 2.54. The van der Waals surface area contributed by atoms with Gasteiger partial charge in [0.05, 0.1) is 0 Å². The highest BCUT2D eigenvalue weighted by atomic mass is 32.1. The van der Waals surface area contributed by atoms with Crippen LogP contribution in [0.25, 0.3) is 0 Å². The number of aromatic nitrogens is 3. The summed E-state index contributed by atoms with van der Waals surface area (Å²) in [6, 6.07) is 0.239. The minimum absolute atomic E-state index is 0.239. The molecule has 7 nitrogen and oxygen atoms in total. The lowest BCUT2D eigenvalue weighted by molar-refractivity contribution is -0.152. The van der Waals surface area contributed by atoms with E-state index in [1.54, 1.807) is 0 Å². The molecule has 0 fully saturated rings. The van der Waals surface area contributed by atoms with E-state index in [4.69, 9.17) is 0 Å². The largest absolute Gasteiger partial charge is 0.451 e. The number of halogens is 6. The Hall–Kier alpha value is -2.64. The van der Waals surface area contributed by atoms with Crippen molar-refractivity contribution in [2.75, 3.05) is 19.4 Å². The third-order valence-electron chi connectivity index (χ3n) is 2.83. The highest BCUT2D eigenvalue weighted by molar-refractivity contribution is 7.10. The smallest absolute Gasteiger partial charge is 0.344 e. The second-order valence-corrected chi connectivity index (χ2v) is 5.84. The Kier molecular flexibility index (Phi) is 4.98. The van der Waals surface area contributed by atoms with Crippen LogP contribution in [0.1, 0.15) is 21.9 Å². The molecule has 142 valence electrons. The van der Waals surface area contributed by atoms with Crippen molar-refractivity contribution in [2.24, 2.45) is 0 Å². The van der Waals surface area contributed by atoms with Crippen molar-refractivity contribution in [3.63, 3.8) is 0 Å². The minimum Gasteiger partial charge on any atom is -0.344 e. The van der Waals surface area contributed by atoms with Gasteiger partial charge in [0.1, 0.15) is 16.4 Å². The second kappa shape index (κ2) is 6.59. The number of hydrogen-bond donors (Lipinski definition) is 2. The minimum atomic E-state index is -5.23. The molecule has 0 bridgehead atoms. The lowest BCUT2D eigenvalue weighted by Crippen LogP contribution is -2.27. The Labute approximate surface area is 144 Å². The lowest BCUT2D eigenvalue weighted by atomic mass is 10.3. The quantitative estimate of drug-likeness (QED) is 0.772. The first-order valence-electron chi connectivity index (χ1n) is 6.54. The van der Waals surface area contributed by atoms with Crippen molar-refractivity contribution in [3.8, 4) is 0 Å². The number of hydrogen-bond acceptors (Lipinski definition) is 6. The Morgan fingerprint density at radius 3 is 2.27 bits per heavy atom. The van der Waals surface area contributed by atoms with Crippen LogP contribution in [0.3, 0.4) is 0 Å². The Morgan fingerprint density at radius 2 is 1.77 bits per heavy atom. The SMILES string of the molecule is CN(C)C(=O)c1c(Nc2cc(C(F)(F)F)nc(C(F)(F)F)n2)s[nH]c1=O. The number of anilines is 2. The number of carbonyl (C=O) groups is 1. The van der Waals surface area contributed by atoms with E-state index in [1.165, 1.54) is 14.1 Å². The van der Waals surface area contributed by atoms with Gasteiger partial charge in [-0.1, -0.05) is 0 Å². The molecule has 0 atom stereocenters. The summed E-state index contributed by atoms with van der Waals surface area (Å²) < 4.78 is 78.8. The Bertz CT molecular complexity index is 853. The monoisotopic (exact) mass is 401 g/mol. The van der Waals surface area contributed by atoms with Gasteiger partial charge >= 0.3 is 12.4 Å². The van der Waals surface area contributed by atoms with Crippen molar-refractivity contribution in [2.45, 2.75) is 12.4 Å². The number of amides is 1. The van der Waals surface area contributed by atoms with Gasteiger partial charge in [-0.05, 0) is 11.5 Å². The predicted octanol–water partition coefficient (Wildman–Crippen LogP) is 2.71. The summed E-state index contributed by atoms with van der Waals surface area (Å²) in [5.41, 5.74) is -3.15. The average Bonchev–Trinajstić information content (AvgIpc) is 2.85. The van der Waals surface area contributed by atoms with Crippen molar-refractivity contribution in [1.82, 2.24) is 19.2 Å². The summed E-state index contributed by atoms with van der Waals surface area (Å²) in [5.74, 6) is -3.68. The zero-order valence-corrected chi connectivity index (χ0v) is 13.7. The third kappa shape index (κ3) is 4.12. The van der Waals surface area contributed by atoms with Crippen LogP contribution in [0.15, 0.2) is 10.9 Å². The van der Waals surface area contributed by atoms with Crippen LogP contribution in [0.4, 0.5) is 37.2 Å². The van der Waals surface area contributed by atoms with Gasteiger partial charge < -0.3 is 10.2 Å². The number of carbonyl (C=O) groups excluding carboxylic acids is 1. The van der Waals surface area contributed by atoms with Gasteiger partial charge in [0, 0.05) is 20.2 Å². The third-order valence-corrected chi connectivity index (χ3v) is 3.63. The second-order valence-electron chi connectivity index (χ2n) is 5.02. The van der Waals surface area contributed by atoms with Gasteiger partial charge in [0.25, 0.3) is 11.5 Å². The molecule has 0 radical (unpaired) electrons. The number of aromatic amines is 1. The molecule has 1 amide bonds. The van der Waals surface area contributed by atoms with E-state index in [-0.39, 0.29) is 11.1 Å². The molecule has 2 rings (SSSR count). The number of rotatable bonds is 3. The zero-order valence-electron chi connectivity index (χ0n) is 12.9. The predicted molar refractivity (Wildman–Crippen MR) is 78.3 cm³/mol. The molecule has 0 saturated carbocycles. The van der Waals surface area contributed by atoms with E-state index in [9.17, 15) is 35.9 Å². The standard InChI is InChI=1S/C12H9F6N5O2S/c1-23(2)9(25)6-7(24)22-26-8(6)20-5-3-4(11(13,14)15)19-10(21-5)12(16,17)18/h3H,1-2H3,(H,22,24)(H,19,20,21). The Morgan fingerprint density at radius 1 is 1.15 bits per heavy atom. The number of nitrogens with one attached hydrogen (secondary N) is 2. The summed E-state index contributed by atoms with van der Waals surface area (Å²) in [6.07, 6.45) is -10.4. The molecular formula is C12H9F6N5O2S. The normalized spacial score (nSPS) is 12.2. The molecular weight excluding hydrogens is 392 g/mol. The van der Waals surface area contributed by atoms with Crippen molar-refractivity contribution in [1.29, 1.82) is 0 Å². The summed E-state index contributed by atoms with van der Waals surface area (Å²) in [5, 5.41) is 1.86. The average molecular weight is 401 g/mol. The lowest BCUT2D eigenvalue weighted by Gasteiger charge is -2.13. The van der Waals surface area contributed by atoms with Gasteiger partial charge in [-0.2, -0.15) is 26.3 Å². The van der Waals surface area contributed by atoms with Crippen LogP contribution < -0.4 is 10.9 Å². The number of H-pyrrole nitrogens is 1. The highest BCUT2D eigenvalue weighted by Gasteiger charge is 2.40. The van der Waals surface area contributed by atoms with E-state index in [1.807, 2.05) is 0 Å². The van der Waals surface area contributed by atoms with E-state index in [0.717, 1.165) is 4.90 Å². The number of nitrogens with zero attached hydrogens (tertiary/aromatic N) is 3. The first kappa shape index (κ1) is 19.7. The highest BCUT2D eigenvalue weighted by Crippen LogP contribution is 2.34. The van der Waals surface area contributed by atoms with E-state index < -0.39 is 46.7 Å².